The lowest BCUT2D eigenvalue weighted by Crippen LogP contribution is -2.02. The molecule has 11 aromatic rings. The average molecular weight is 733 g/mol. The summed E-state index contributed by atoms with van der Waals surface area (Å²) in [5.74, 6) is 1.89. The fraction of sp³-hybridized carbons (Fsp3) is 0. The predicted molar refractivity (Wildman–Crippen MR) is 234 cm³/mol. The molecule has 0 atom stereocenters. The molecule has 56 heavy (non-hydrogen) atoms. The first-order valence-corrected chi connectivity index (χ1v) is 19.6. The standard InChI is InChI=1S/C51H32N4S/c1-4-14-33(15-5-1)34-24-26-35(27-25-34)38-30-39(51-53-49(36-16-6-2-7-17-36)52-50(54-51)37-18-8-3-9-19-37)32-40(31-38)55-45-22-12-10-20-41(45)43-28-29-44-42-21-11-13-23-46(42)56-48(44)47(43)55/h1-32H. The van der Waals surface area contributed by atoms with E-state index in [1.54, 1.807) is 0 Å². The monoisotopic (exact) mass is 732 g/mol. The quantitative estimate of drug-likeness (QED) is 0.171. The number of rotatable bonds is 6. The number of benzene rings is 8. The molecule has 0 unspecified atom stereocenters. The van der Waals surface area contributed by atoms with Crippen molar-refractivity contribution in [3.8, 4) is 62.1 Å². The van der Waals surface area contributed by atoms with Crippen LogP contribution in [-0.4, -0.2) is 19.5 Å². The van der Waals surface area contributed by atoms with Gasteiger partial charge < -0.3 is 4.57 Å². The van der Waals surface area contributed by atoms with Crippen molar-refractivity contribution in [2.45, 2.75) is 0 Å². The molecule has 5 heteroatoms. The first kappa shape index (κ1) is 32.2. The second-order valence-corrected chi connectivity index (χ2v) is 15.1. The second-order valence-electron chi connectivity index (χ2n) is 14.0. The van der Waals surface area contributed by atoms with Crippen LogP contribution in [0.5, 0.6) is 0 Å². The highest BCUT2D eigenvalue weighted by molar-refractivity contribution is 7.26. The topological polar surface area (TPSA) is 43.6 Å². The van der Waals surface area contributed by atoms with Gasteiger partial charge in [0.05, 0.1) is 15.7 Å². The first-order chi connectivity index (χ1) is 27.7. The molecule has 0 saturated heterocycles. The van der Waals surface area contributed by atoms with Crippen LogP contribution >= 0.6 is 11.3 Å². The summed E-state index contributed by atoms with van der Waals surface area (Å²) in [6, 6.07) is 68.6. The second kappa shape index (κ2) is 13.3. The Morgan fingerprint density at radius 1 is 0.339 bits per heavy atom. The maximum atomic E-state index is 5.18. The lowest BCUT2D eigenvalue weighted by atomic mass is 9.98. The fourth-order valence-corrected chi connectivity index (χ4v) is 9.20. The molecule has 0 fully saturated rings. The first-order valence-electron chi connectivity index (χ1n) is 18.8. The van der Waals surface area contributed by atoms with Gasteiger partial charge in [0.25, 0.3) is 0 Å². The smallest absolute Gasteiger partial charge is 0.164 e. The molecular weight excluding hydrogens is 701 g/mol. The minimum Gasteiger partial charge on any atom is -0.308 e. The van der Waals surface area contributed by atoms with Crippen molar-refractivity contribution in [1.82, 2.24) is 19.5 Å². The van der Waals surface area contributed by atoms with Crippen molar-refractivity contribution >= 4 is 53.3 Å². The van der Waals surface area contributed by atoms with Gasteiger partial charge in [-0.05, 0) is 52.6 Å². The molecule has 0 radical (unpaired) electrons. The largest absolute Gasteiger partial charge is 0.308 e. The summed E-state index contributed by atoms with van der Waals surface area (Å²) in [5.41, 5.74) is 10.8. The van der Waals surface area contributed by atoms with E-state index in [2.05, 4.69) is 162 Å². The van der Waals surface area contributed by atoms with Gasteiger partial charge >= 0.3 is 0 Å². The molecule has 11 rings (SSSR count). The number of hydrogen-bond donors (Lipinski definition) is 0. The lowest BCUT2D eigenvalue weighted by Gasteiger charge is -2.15. The normalized spacial score (nSPS) is 11.6. The Balaban J connectivity index is 1.20. The van der Waals surface area contributed by atoms with Crippen LogP contribution in [0.15, 0.2) is 194 Å². The van der Waals surface area contributed by atoms with Crippen LogP contribution in [0.2, 0.25) is 0 Å². The average Bonchev–Trinajstić information content (AvgIpc) is 3.83. The minimum absolute atomic E-state index is 0.620. The number of para-hydroxylation sites is 1. The predicted octanol–water partition coefficient (Wildman–Crippen LogP) is 13.7. The van der Waals surface area contributed by atoms with Crippen LogP contribution in [0.3, 0.4) is 0 Å². The van der Waals surface area contributed by atoms with Crippen molar-refractivity contribution in [2.75, 3.05) is 0 Å². The van der Waals surface area contributed by atoms with Crippen LogP contribution < -0.4 is 0 Å². The summed E-state index contributed by atoms with van der Waals surface area (Å²) in [5, 5.41) is 5.01. The summed E-state index contributed by atoms with van der Waals surface area (Å²) in [7, 11) is 0. The highest BCUT2D eigenvalue weighted by Crippen LogP contribution is 2.44. The zero-order valence-electron chi connectivity index (χ0n) is 30.2. The summed E-state index contributed by atoms with van der Waals surface area (Å²) in [4.78, 5) is 15.4. The van der Waals surface area contributed by atoms with Gasteiger partial charge in [-0.25, -0.2) is 15.0 Å². The fourth-order valence-electron chi connectivity index (χ4n) is 7.96. The van der Waals surface area contributed by atoms with E-state index in [0.29, 0.717) is 17.5 Å². The van der Waals surface area contributed by atoms with Gasteiger partial charge in [0.2, 0.25) is 0 Å². The van der Waals surface area contributed by atoms with E-state index in [1.165, 1.54) is 47.6 Å². The number of aromatic nitrogens is 4. The van der Waals surface area contributed by atoms with E-state index in [-0.39, 0.29) is 0 Å². The summed E-state index contributed by atoms with van der Waals surface area (Å²) in [6.07, 6.45) is 0. The molecule has 8 aromatic carbocycles. The number of fused-ring (bicyclic) bond motifs is 7. The highest BCUT2D eigenvalue weighted by atomic mass is 32.1. The molecule has 0 saturated carbocycles. The summed E-state index contributed by atoms with van der Waals surface area (Å²) < 4.78 is 5.01. The maximum Gasteiger partial charge on any atom is 0.164 e. The van der Waals surface area contributed by atoms with Gasteiger partial charge in [0.1, 0.15) is 0 Å². The van der Waals surface area contributed by atoms with E-state index < -0.39 is 0 Å². The van der Waals surface area contributed by atoms with E-state index >= 15 is 0 Å². The van der Waals surface area contributed by atoms with Gasteiger partial charge in [-0.15, -0.1) is 11.3 Å². The molecular formula is C51H32N4S. The Labute approximate surface area is 327 Å². The lowest BCUT2D eigenvalue weighted by molar-refractivity contribution is 1.07. The molecule has 3 heterocycles. The summed E-state index contributed by atoms with van der Waals surface area (Å²) >= 11 is 1.86. The van der Waals surface area contributed by atoms with Crippen LogP contribution in [-0.2, 0) is 0 Å². The van der Waals surface area contributed by atoms with Gasteiger partial charge in [-0.1, -0.05) is 164 Å². The van der Waals surface area contributed by atoms with Gasteiger partial charge in [-0.2, -0.15) is 0 Å². The maximum absolute atomic E-state index is 5.18. The van der Waals surface area contributed by atoms with E-state index in [1.807, 2.05) is 47.7 Å². The molecule has 0 bridgehead atoms. The van der Waals surface area contributed by atoms with Crippen molar-refractivity contribution in [2.24, 2.45) is 0 Å². The Morgan fingerprint density at radius 2 is 0.821 bits per heavy atom. The van der Waals surface area contributed by atoms with Crippen LogP contribution in [0.4, 0.5) is 0 Å². The van der Waals surface area contributed by atoms with Crippen LogP contribution in [0.25, 0.3) is 104 Å². The Bertz CT molecular complexity index is 3160. The van der Waals surface area contributed by atoms with E-state index in [9.17, 15) is 0 Å². The van der Waals surface area contributed by atoms with Crippen LogP contribution in [0.1, 0.15) is 0 Å². The molecule has 0 amide bonds. The van der Waals surface area contributed by atoms with Crippen molar-refractivity contribution < 1.29 is 0 Å². The van der Waals surface area contributed by atoms with Crippen molar-refractivity contribution in [3.05, 3.63) is 194 Å². The number of hydrogen-bond acceptors (Lipinski definition) is 4. The molecule has 0 aliphatic rings. The number of thiophene rings is 1. The molecule has 0 spiro atoms. The number of nitrogens with zero attached hydrogens (tertiary/aromatic N) is 4. The third-order valence-electron chi connectivity index (χ3n) is 10.6. The van der Waals surface area contributed by atoms with Crippen LogP contribution in [0, 0.1) is 0 Å². The Morgan fingerprint density at radius 3 is 1.48 bits per heavy atom. The van der Waals surface area contributed by atoms with Gasteiger partial charge in [0.15, 0.2) is 17.5 Å². The molecule has 0 aliphatic heterocycles. The molecule has 0 N–H and O–H groups in total. The van der Waals surface area contributed by atoms with Crippen molar-refractivity contribution in [1.29, 1.82) is 0 Å². The zero-order valence-corrected chi connectivity index (χ0v) is 31.0. The van der Waals surface area contributed by atoms with Crippen molar-refractivity contribution in [3.63, 3.8) is 0 Å². The van der Waals surface area contributed by atoms with Gasteiger partial charge in [-0.3, -0.25) is 0 Å². The third kappa shape index (κ3) is 5.48. The minimum atomic E-state index is 0.620. The molecule has 4 nitrogen and oxygen atoms in total. The van der Waals surface area contributed by atoms with Gasteiger partial charge in [0, 0.05) is 48.6 Å². The zero-order chi connectivity index (χ0) is 37.0. The Hall–Kier alpha value is -7.21. The Kier molecular flexibility index (Phi) is 7.64. The summed E-state index contributed by atoms with van der Waals surface area (Å²) in [6.45, 7) is 0. The molecule has 3 aromatic heterocycles. The molecule has 262 valence electrons. The SMILES string of the molecule is c1ccc(-c2ccc(-c3cc(-c4nc(-c5ccccc5)nc(-c5ccccc5)n4)cc(-n4c5ccccc5c5ccc6c7ccccc7sc6c54)c3)cc2)cc1. The molecule has 0 aliphatic carbocycles. The van der Waals surface area contributed by atoms with E-state index in [4.69, 9.17) is 15.0 Å². The van der Waals surface area contributed by atoms with E-state index in [0.717, 1.165) is 39.0 Å². The highest BCUT2D eigenvalue weighted by Gasteiger charge is 2.20. The third-order valence-corrected chi connectivity index (χ3v) is 11.8.